The van der Waals surface area contributed by atoms with E-state index in [-0.39, 0.29) is 35.5 Å². The topological polar surface area (TPSA) is 149 Å². The van der Waals surface area contributed by atoms with Crippen LogP contribution in [-0.4, -0.2) is 36.0 Å². The molecule has 0 radical (unpaired) electrons. The average molecular weight is 435 g/mol. The summed E-state index contributed by atoms with van der Waals surface area (Å²) >= 11 is 0. The van der Waals surface area contributed by atoms with Gasteiger partial charge in [-0.3, -0.25) is 19.7 Å². The van der Waals surface area contributed by atoms with E-state index in [0.29, 0.717) is 40.1 Å². The van der Waals surface area contributed by atoms with Crippen LogP contribution in [0.15, 0.2) is 40.2 Å². The number of methoxy groups -OCH3 is 2. The zero-order valence-electron chi connectivity index (χ0n) is 17.2. The van der Waals surface area contributed by atoms with Crippen LogP contribution in [0.25, 0.3) is 32.5 Å². The zero-order valence-corrected chi connectivity index (χ0v) is 17.2. The van der Waals surface area contributed by atoms with Gasteiger partial charge in [0.25, 0.3) is 11.2 Å². The van der Waals surface area contributed by atoms with Crippen molar-refractivity contribution in [2.75, 3.05) is 20.8 Å². The summed E-state index contributed by atoms with van der Waals surface area (Å²) < 4.78 is 12.1. The molecule has 162 valence electrons. The third kappa shape index (κ3) is 3.12. The molecule has 0 atom stereocenters. The number of non-ortho nitro benzene ring substituents is 1. The lowest BCUT2D eigenvalue weighted by atomic mass is 10.0. The van der Waals surface area contributed by atoms with E-state index >= 15 is 0 Å². The molecule has 0 amide bonds. The second-order valence-corrected chi connectivity index (χ2v) is 7.06. The van der Waals surface area contributed by atoms with Crippen LogP contribution < -0.4 is 15.0 Å². The van der Waals surface area contributed by atoms with E-state index in [1.807, 2.05) is 0 Å². The molecule has 0 spiro atoms. The van der Waals surface area contributed by atoms with Crippen molar-refractivity contribution in [3.05, 3.63) is 72.4 Å². The molecule has 32 heavy (non-hydrogen) atoms. The van der Waals surface area contributed by atoms with Gasteiger partial charge in [0.1, 0.15) is 0 Å². The summed E-state index contributed by atoms with van der Waals surface area (Å²) in [5, 5.41) is 15.2. The summed E-state index contributed by atoms with van der Waals surface area (Å²) in [4.78, 5) is 40.2. The fourth-order valence-electron chi connectivity index (χ4n) is 4.02. The average Bonchev–Trinajstić information content (AvgIpc) is 3.08. The molecule has 0 bridgehead atoms. The Balaban J connectivity index is 2.06. The van der Waals surface area contributed by atoms with E-state index in [1.54, 1.807) is 12.1 Å². The number of rotatable bonds is 7. The first-order valence-corrected chi connectivity index (χ1v) is 9.59. The van der Waals surface area contributed by atoms with Crippen LogP contribution in [-0.2, 0) is 6.54 Å². The predicted octanol–water partition coefficient (Wildman–Crippen LogP) is 3.84. The molecule has 1 heterocycles. The summed E-state index contributed by atoms with van der Waals surface area (Å²) in [7, 11) is 2.92. The molecule has 3 aromatic rings. The molecule has 0 saturated carbocycles. The van der Waals surface area contributed by atoms with Gasteiger partial charge in [0.05, 0.1) is 35.8 Å². The standard InChI is InChI=1S/C21H17N5O6/c1-31-16-9-13-14(10-17(16)32-2)20(27)18-12-5-4-11(26(29)30)8-15(12)21(28)25(19(13)18)7-3-6-23-24-22/h4-5,8-10H,3,6-7H2,1-2H3. The summed E-state index contributed by atoms with van der Waals surface area (Å²) in [6.07, 6.45) is 0.341. The highest BCUT2D eigenvalue weighted by Crippen LogP contribution is 2.44. The predicted molar refractivity (Wildman–Crippen MR) is 115 cm³/mol. The van der Waals surface area contributed by atoms with Crippen molar-refractivity contribution in [1.82, 2.24) is 4.57 Å². The molecule has 4 rings (SSSR count). The molecular weight excluding hydrogens is 418 g/mol. The Kier molecular flexibility index (Phi) is 5.25. The third-order valence-electron chi connectivity index (χ3n) is 5.42. The number of carbonyl (C=O) groups is 1. The van der Waals surface area contributed by atoms with E-state index in [2.05, 4.69) is 10.0 Å². The Hall–Kier alpha value is -4.37. The first-order valence-electron chi connectivity index (χ1n) is 9.59. The number of nitro groups is 1. The van der Waals surface area contributed by atoms with Crippen molar-refractivity contribution in [2.24, 2.45) is 5.11 Å². The van der Waals surface area contributed by atoms with Crippen molar-refractivity contribution >= 4 is 22.2 Å². The van der Waals surface area contributed by atoms with Gasteiger partial charge in [0.15, 0.2) is 17.3 Å². The van der Waals surface area contributed by atoms with Crippen molar-refractivity contribution < 1.29 is 19.2 Å². The first-order chi connectivity index (χ1) is 15.4. The SMILES string of the molecule is COc1cc2c(cc1OC)-c1c(c3ccc([N+](=O)[O-])cc3c(=O)n1CCCN=[N+]=[N-])C2=O. The Morgan fingerprint density at radius 3 is 2.41 bits per heavy atom. The lowest BCUT2D eigenvalue weighted by Gasteiger charge is -2.15. The maximum atomic E-state index is 13.4. The van der Waals surface area contributed by atoms with Gasteiger partial charge < -0.3 is 14.0 Å². The number of fused-ring (bicyclic) bond motifs is 5. The normalized spacial score (nSPS) is 11.6. The number of pyridine rings is 1. The largest absolute Gasteiger partial charge is 0.493 e. The van der Waals surface area contributed by atoms with Crippen LogP contribution in [0.5, 0.6) is 11.5 Å². The van der Waals surface area contributed by atoms with Crippen LogP contribution in [0, 0.1) is 10.1 Å². The maximum absolute atomic E-state index is 13.4. The number of nitro benzene ring substituents is 1. The summed E-state index contributed by atoms with van der Waals surface area (Å²) in [6, 6.07) is 7.07. The highest BCUT2D eigenvalue weighted by Gasteiger charge is 2.34. The Morgan fingerprint density at radius 2 is 1.78 bits per heavy atom. The number of aromatic nitrogens is 1. The molecule has 0 aliphatic heterocycles. The van der Waals surface area contributed by atoms with Gasteiger partial charge in [-0.15, -0.1) is 0 Å². The lowest BCUT2D eigenvalue weighted by Crippen LogP contribution is -2.24. The highest BCUT2D eigenvalue weighted by molar-refractivity contribution is 6.27. The minimum absolute atomic E-state index is 0.0711. The van der Waals surface area contributed by atoms with Crippen LogP contribution >= 0.6 is 0 Å². The monoisotopic (exact) mass is 435 g/mol. The van der Waals surface area contributed by atoms with Crippen molar-refractivity contribution in [2.45, 2.75) is 13.0 Å². The molecule has 0 saturated heterocycles. The van der Waals surface area contributed by atoms with Crippen molar-refractivity contribution in [3.63, 3.8) is 0 Å². The lowest BCUT2D eigenvalue weighted by molar-refractivity contribution is -0.384. The van der Waals surface area contributed by atoms with E-state index in [4.69, 9.17) is 15.0 Å². The number of azide groups is 1. The number of carbonyl (C=O) groups excluding carboxylic acids is 1. The minimum atomic E-state index is -0.593. The smallest absolute Gasteiger partial charge is 0.270 e. The van der Waals surface area contributed by atoms with Crippen LogP contribution in [0.1, 0.15) is 22.3 Å². The second-order valence-electron chi connectivity index (χ2n) is 7.06. The van der Waals surface area contributed by atoms with Crippen molar-refractivity contribution in [1.29, 1.82) is 0 Å². The Morgan fingerprint density at radius 1 is 1.09 bits per heavy atom. The van der Waals surface area contributed by atoms with Crippen LogP contribution in [0.3, 0.4) is 0 Å². The number of hydrogen-bond donors (Lipinski definition) is 0. The zero-order chi connectivity index (χ0) is 23.0. The molecule has 1 aliphatic carbocycles. The highest BCUT2D eigenvalue weighted by atomic mass is 16.6. The molecule has 2 aromatic carbocycles. The molecule has 1 aromatic heterocycles. The fraction of sp³-hybridized carbons (Fsp3) is 0.238. The molecule has 11 nitrogen and oxygen atoms in total. The van der Waals surface area contributed by atoms with Gasteiger partial charge in [-0.2, -0.15) is 0 Å². The third-order valence-corrected chi connectivity index (χ3v) is 5.42. The van der Waals surface area contributed by atoms with E-state index in [0.717, 1.165) is 0 Å². The van der Waals surface area contributed by atoms with Gasteiger partial charge in [0.2, 0.25) is 0 Å². The summed E-state index contributed by atoms with van der Waals surface area (Å²) in [5.74, 6) is 0.437. The summed E-state index contributed by atoms with van der Waals surface area (Å²) in [6.45, 7) is 0.303. The number of benzene rings is 2. The van der Waals surface area contributed by atoms with E-state index < -0.39 is 10.5 Å². The van der Waals surface area contributed by atoms with E-state index in [1.165, 1.54) is 37.0 Å². The maximum Gasteiger partial charge on any atom is 0.270 e. The molecule has 0 fully saturated rings. The van der Waals surface area contributed by atoms with Crippen LogP contribution in [0.4, 0.5) is 5.69 Å². The van der Waals surface area contributed by atoms with Gasteiger partial charge in [-0.05, 0) is 30.2 Å². The first kappa shape index (κ1) is 20.9. The van der Waals surface area contributed by atoms with E-state index in [9.17, 15) is 19.7 Å². The quantitative estimate of drug-likeness (QED) is 0.107. The van der Waals surface area contributed by atoms with Gasteiger partial charge in [0, 0.05) is 46.6 Å². The molecule has 0 unspecified atom stereocenters. The van der Waals surface area contributed by atoms with Crippen molar-refractivity contribution in [3.8, 4) is 22.8 Å². The fourth-order valence-corrected chi connectivity index (χ4v) is 4.02. The summed E-state index contributed by atoms with van der Waals surface area (Å²) in [5.41, 5.74) is 9.33. The van der Waals surface area contributed by atoms with Gasteiger partial charge >= 0.3 is 0 Å². The Bertz CT molecular complexity index is 1400. The van der Waals surface area contributed by atoms with Gasteiger partial charge in [-0.25, -0.2) is 0 Å². The molecule has 11 heteroatoms. The number of ether oxygens (including phenoxy) is 2. The minimum Gasteiger partial charge on any atom is -0.493 e. The van der Waals surface area contributed by atoms with Crippen LogP contribution in [0.2, 0.25) is 0 Å². The molecule has 1 aliphatic rings. The number of hydrogen-bond acceptors (Lipinski definition) is 7. The Labute approximate surface area is 180 Å². The molecular formula is C21H17N5O6. The molecule has 0 N–H and O–H groups in total. The van der Waals surface area contributed by atoms with Gasteiger partial charge in [-0.1, -0.05) is 5.11 Å². The number of ketones is 1. The second kappa shape index (κ2) is 8.05. The number of nitrogens with zero attached hydrogens (tertiary/aromatic N) is 5.